The predicted octanol–water partition coefficient (Wildman–Crippen LogP) is 2.82. The van der Waals surface area contributed by atoms with Gasteiger partial charge in [-0.3, -0.25) is 9.30 Å². The normalized spacial score (nSPS) is 17.5. The van der Waals surface area contributed by atoms with Crippen LogP contribution >= 0.6 is 0 Å². The van der Waals surface area contributed by atoms with E-state index in [-0.39, 0.29) is 0 Å². The highest BCUT2D eigenvalue weighted by molar-refractivity contribution is 5.91. The summed E-state index contributed by atoms with van der Waals surface area (Å²) < 4.78 is 2.11. The Kier molecular flexibility index (Phi) is 3.30. The number of benzene rings is 1. The molecule has 0 unspecified atom stereocenters. The third kappa shape index (κ3) is 2.25. The van der Waals surface area contributed by atoms with E-state index < -0.39 is 0 Å². The number of aryl methyl sites for hydroxylation is 1. The zero-order chi connectivity index (χ0) is 15.1. The van der Waals surface area contributed by atoms with E-state index in [1.807, 2.05) is 25.1 Å². The first-order valence-corrected chi connectivity index (χ1v) is 8.04. The number of hydrogen-bond acceptors (Lipinski definition) is 4. The minimum atomic E-state index is 0.846. The molecule has 0 atom stereocenters. The van der Waals surface area contributed by atoms with Gasteiger partial charge in [0.15, 0.2) is 11.5 Å². The van der Waals surface area contributed by atoms with Crippen molar-refractivity contribution < 1.29 is 0 Å². The molecule has 0 amide bonds. The Balaban J connectivity index is 1.74. The topological polar surface area (TPSA) is 46.3 Å². The highest BCUT2D eigenvalue weighted by Gasteiger charge is 2.19. The second-order valence-corrected chi connectivity index (χ2v) is 6.41. The summed E-state index contributed by atoms with van der Waals surface area (Å²) in [6.45, 7) is 7.52. The van der Waals surface area contributed by atoms with Crippen molar-refractivity contribution in [1.29, 1.82) is 0 Å². The van der Waals surface area contributed by atoms with Gasteiger partial charge in [0.25, 0.3) is 0 Å². The fraction of sp³-hybridized carbons (Fsp3) is 0.471. The second kappa shape index (κ2) is 5.32. The van der Waals surface area contributed by atoms with Crippen molar-refractivity contribution in [1.82, 2.24) is 24.5 Å². The van der Waals surface area contributed by atoms with Gasteiger partial charge in [0, 0.05) is 5.39 Å². The van der Waals surface area contributed by atoms with E-state index in [2.05, 4.69) is 32.5 Å². The lowest BCUT2D eigenvalue weighted by atomic mass is 9.99. The van der Waals surface area contributed by atoms with E-state index in [9.17, 15) is 0 Å². The Labute approximate surface area is 130 Å². The van der Waals surface area contributed by atoms with Gasteiger partial charge < -0.3 is 0 Å². The zero-order valence-electron chi connectivity index (χ0n) is 13.2. The molecular formula is C17H21N5. The lowest BCUT2D eigenvalue weighted by molar-refractivity contribution is 0.181. The molecule has 1 aromatic carbocycles. The van der Waals surface area contributed by atoms with Gasteiger partial charge in [0.2, 0.25) is 0 Å². The molecule has 5 heteroatoms. The number of aromatic nitrogens is 4. The van der Waals surface area contributed by atoms with Gasteiger partial charge in [-0.05, 0) is 50.9 Å². The average molecular weight is 295 g/mol. The summed E-state index contributed by atoms with van der Waals surface area (Å²) in [5.41, 5.74) is 1.90. The van der Waals surface area contributed by atoms with Crippen molar-refractivity contribution in [3.63, 3.8) is 0 Å². The molecule has 1 fully saturated rings. The number of likely N-dealkylation sites (tertiary alicyclic amines) is 1. The summed E-state index contributed by atoms with van der Waals surface area (Å²) in [5, 5.41) is 9.95. The van der Waals surface area contributed by atoms with Crippen molar-refractivity contribution in [2.45, 2.75) is 33.2 Å². The average Bonchev–Trinajstić information content (AvgIpc) is 2.94. The Morgan fingerprint density at radius 1 is 1.14 bits per heavy atom. The molecule has 4 rings (SSSR count). The molecule has 0 radical (unpaired) electrons. The van der Waals surface area contributed by atoms with Gasteiger partial charge in [-0.1, -0.05) is 19.1 Å². The third-order valence-electron chi connectivity index (χ3n) is 4.72. The first-order valence-electron chi connectivity index (χ1n) is 8.04. The summed E-state index contributed by atoms with van der Waals surface area (Å²) in [6, 6.07) is 8.14. The standard InChI is InChI=1S/C17H21N5/c1-12-7-9-21(10-8-12)11-16-19-20-17-14-5-3-4-6-15(14)18-13(2)22(16)17/h3-6,12H,7-11H2,1-2H3. The van der Waals surface area contributed by atoms with Crippen LogP contribution in [0.25, 0.3) is 16.6 Å². The summed E-state index contributed by atoms with van der Waals surface area (Å²) in [5.74, 6) is 2.80. The van der Waals surface area contributed by atoms with Gasteiger partial charge in [0.1, 0.15) is 5.82 Å². The van der Waals surface area contributed by atoms with E-state index in [1.165, 1.54) is 12.8 Å². The molecule has 0 saturated carbocycles. The van der Waals surface area contributed by atoms with Crippen LogP contribution in [0.5, 0.6) is 0 Å². The molecule has 5 nitrogen and oxygen atoms in total. The van der Waals surface area contributed by atoms with E-state index in [0.29, 0.717) is 0 Å². The van der Waals surface area contributed by atoms with Gasteiger partial charge in [-0.25, -0.2) is 4.98 Å². The lowest BCUT2D eigenvalue weighted by Gasteiger charge is -2.29. The van der Waals surface area contributed by atoms with Crippen LogP contribution in [0, 0.1) is 12.8 Å². The minimum absolute atomic E-state index is 0.846. The molecule has 0 spiro atoms. The number of fused-ring (bicyclic) bond motifs is 3. The predicted molar refractivity (Wildman–Crippen MR) is 86.7 cm³/mol. The molecular weight excluding hydrogens is 274 g/mol. The first kappa shape index (κ1) is 13.6. The molecule has 0 bridgehead atoms. The summed E-state index contributed by atoms with van der Waals surface area (Å²) in [6.07, 6.45) is 2.55. The molecule has 22 heavy (non-hydrogen) atoms. The molecule has 1 aliphatic rings. The highest BCUT2D eigenvalue weighted by Crippen LogP contribution is 2.21. The highest BCUT2D eigenvalue weighted by atomic mass is 15.3. The van der Waals surface area contributed by atoms with Crippen molar-refractivity contribution >= 4 is 16.6 Å². The van der Waals surface area contributed by atoms with Crippen LogP contribution in [-0.4, -0.2) is 37.6 Å². The maximum atomic E-state index is 4.71. The van der Waals surface area contributed by atoms with E-state index in [0.717, 1.165) is 53.8 Å². The molecule has 0 aliphatic carbocycles. The van der Waals surface area contributed by atoms with E-state index in [1.54, 1.807) is 0 Å². The van der Waals surface area contributed by atoms with Crippen molar-refractivity contribution in [3.8, 4) is 0 Å². The fourth-order valence-electron chi connectivity index (χ4n) is 3.34. The SMILES string of the molecule is Cc1nc2ccccc2c2nnc(CN3CCC(C)CC3)n12. The third-order valence-corrected chi connectivity index (χ3v) is 4.72. The minimum Gasteiger partial charge on any atom is -0.296 e. The van der Waals surface area contributed by atoms with Gasteiger partial charge in [-0.15, -0.1) is 10.2 Å². The summed E-state index contributed by atoms with van der Waals surface area (Å²) >= 11 is 0. The monoisotopic (exact) mass is 295 g/mol. The number of rotatable bonds is 2. The Morgan fingerprint density at radius 3 is 2.73 bits per heavy atom. The van der Waals surface area contributed by atoms with E-state index in [4.69, 9.17) is 4.98 Å². The van der Waals surface area contributed by atoms with Crippen molar-refractivity contribution in [3.05, 3.63) is 35.9 Å². The molecule has 114 valence electrons. The maximum absolute atomic E-state index is 4.71. The smallest absolute Gasteiger partial charge is 0.171 e. The second-order valence-electron chi connectivity index (χ2n) is 6.41. The lowest BCUT2D eigenvalue weighted by Crippen LogP contribution is -2.33. The number of hydrogen-bond donors (Lipinski definition) is 0. The van der Waals surface area contributed by atoms with Gasteiger partial charge in [-0.2, -0.15) is 0 Å². The van der Waals surface area contributed by atoms with Crippen LogP contribution in [0.2, 0.25) is 0 Å². The van der Waals surface area contributed by atoms with Crippen LogP contribution < -0.4 is 0 Å². The quantitative estimate of drug-likeness (QED) is 0.729. The molecule has 1 aliphatic heterocycles. The van der Waals surface area contributed by atoms with Crippen LogP contribution in [0.3, 0.4) is 0 Å². The largest absolute Gasteiger partial charge is 0.296 e. The summed E-state index contributed by atoms with van der Waals surface area (Å²) in [4.78, 5) is 7.18. The Bertz CT molecular complexity index is 814. The Morgan fingerprint density at radius 2 is 1.91 bits per heavy atom. The number of piperidine rings is 1. The number of nitrogens with zero attached hydrogens (tertiary/aromatic N) is 5. The van der Waals surface area contributed by atoms with Crippen molar-refractivity contribution in [2.24, 2.45) is 5.92 Å². The van der Waals surface area contributed by atoms with Gasteiger partial charge >= 0.3 is 0 Å². The summed E-state index contributed by atoms with van der Waals surface area (Å²) in [7, 11) is 0. The molecule has 1 saturated heterocycles. The maximum Gasteiger partial charge on any atom is 0.171 e. The van der Waals surface area contributed by atoms with Crippen LogP contribution in [-0.2, 0) is 6.54 Å². The van der Waals surface area contributed by atoms with Gasteiger partial charge in [0.05, 0.1) is 12.1 Å². The van der Waals surface area contributed by atoms with Crippen LogP contribution in [0.15, 0.2) is 24.3 Å². The van der Waals surface area contributed by atoms with E-state index >= 15 is 0 Å². The molecule has 2 aromatic heterocycles. The number of para-hydroxylation sites is 1. The molecule has 0 N–H and O–H groups in total. The zero-order valence-corrected chi connectivity index (χ0v) is 13.2. The molecule has 3 heterocycles. The van der Waals surface area contributed by atoms with Crippen LogP contribution in [0.1, 0.15) is 31.4 Å². The fourth-order valence-corrected chi connectivity index (χ4v) is 3.34. The van der Waals surface area contributed by atoms with Crippen LogP contribution in [0.4, 0.5) is 0 Å². The first-order chi connectivity index (χ1) is 10.7. The Hall–Kier alpha value is -2.01. The molecule has 3 aromatic rings. The van der Waals surface area contributed by atoms with Crippen molar-refractivity contribution in [2.75, 3.05) is 13.1 Å².